The van der Waals surface area contributed by atoms with Crippen LogP contribution in [0.1, 0.15) is 18.9 Å². The fourth-order valence-corrected chi connectivity index (χ4v) is 1.42. The summed E-state index contributed by atoms with van der Waals surface area (Å²) in [5.41, 5.74) is 7.53. The van der Waals surface area contributed by atoms with Crippen LogP contribution >= 0.6 is 0 Å². The van der Waals surface area contributed by atoms with E-state index in [0.29, 0.717) is 17.2 Å². The first-order valence-electron chi connectivity index (χ1n) is 5.31. The Labute approximate surface area is 95.7 Å². The molecule has 0 aliphatic heterocycles. The molecule has 1 aromatic carbocycles. The topological polar surface area (TPSA) is 82.1 Å². The largest absolute Gasteiger partial charge is 0.399 e. The molecule has 4 heteroatoms. The quantitative estimate of drug-likeness (QED) is 0.656. The molecule has 0 spiro atoms. The van der Waals surface area contributed by atoms with Crippen molar-refractivity contribution in [3.8, 4) is 6.07 Å². The highest BCUT2D eigenvalue weighted by Gasteiger charge is 2.04. The molecule has 0 amide bonds. The van der Waals surface area contributed by atoms with Gasteiger partial charge < -0.3 is 16.2 Å². The van der Waals surface area contributed by atoms with E-state index in [4.69, 9.17) is 16.1 Å². The number of anilines is 2. The third-order valence-electron chi connectivity index (χ3n) is 2.43. The summed E-state index contributed by atoms with van der Waals surface area (Å²) in [5.74, 6) is 0.370. The fourth-order valence-electron chi connectivity index (χ4n) is 1.42. The minimum atomic E-state index is 0.190. The lowest BCUT2D eigenvalue weighted by atomic mass is 10.1. The van der Waals surface area contributed by atoms with Crippen molar-refractivity contribution in [2.24, 2.45) is 5.92 Å². The Hall–Kier alpha value is -1.73. The summed E-state index contributed by atoms with van der Waals surface area (Å²) in [6.07, 6.45) is 0.754. The molecule has 0 aliphatic rings. The van der Waals surface area contributed by atoms with E-state index in [1.165, 1.54) is 0 Å². The van der Waals surface area contributed by atoms with E-state index in [1.54, 1.807) is 18.2 Å². The van der Waals surface area contributed by atoms with Gasteiger partial charge in [-0.1, -0.05) is 6.92 Å². The molecule has 16 heavy (non-hydrogen) atoms. The molecule has 1 unspecified atom stereocenters. The van der Waals surface area contributed by atoms with Crippen molar-refractivity contribution in [2.45, 2.75) is 13.3 Å². The number of nitrogens with one attached hydrogen (secondary N) is 1. The van der Waals surface area contributed by atoms with Crippen molar-refractivity contribution < 1.29 is 5.11 Å². The van der Waals surface area contributed by atoms with Crippen LogP contribution in [0.25, 0.3) is 0 Å². The Balaban J connectivity index is 2.64. The van der Waals surface area contributed by atoms with Crippen molar-refractivity contribution in [1.82, 2.24) is 0 Å². The zero-order chi connectivity index (χ0) is 12.0. The second-order valence-corrected chi connectivity index (χ2v) is 3.92. The molecule has 0 aromatic heterocycles. The highest BCUT2D eigenvalue weighted by atomic mass is 16.3. The van der Waals surface area contributed by atoms with Crippen molar-refractivity contribution in [3.63, 3.8) is 0 Å². The van der Waals surface area contributed by atoms with Gasteiger partial charge in [-0.05, 0) is 30.5 Å². The van der Waals surface area contributed by atoms with Crippen LogP contribution in [0.5, 0.6) is 0 Å². The first kappa shape index (κ1) is 12.3. The lowest BCUT2D eigenvalue weighted by Crippen LogP contribution is -2.13. The summed E-state index contributed by atoms with van der Waals surface area (Å²) in [4.78, 5) is 0. The summed E-state index contributed by atoms with van der Waals surface area (Å²) in [5, 5.41) is 20.9. The highest BCUT2D eigenvalue weighted by Crippen LogP contribution is 2.18. The van der Waals surface area contributed by atoms with Crippen LogP contribution in [0, 0.1) is 17.2 Å². The molecule has 86 valence electrons. The van der Waals surface area contributed by atoms with Gasteiger partial charge in [0, 0.05) is 18.8 Å². The first-order chi connectivity index (χ1) is 7.67. The van der Waals surface area contributed by atoms with E-state index in [9.17, 15) is 0 Å². The summed E-state index contributed by atoms with van der Waals surface area (Å²) in [7, 11) is 0. The Morgan fingerprint density at radius 3 is 2.94 bits per heavy atom. The van der Waals surface area contributed by atoms with Gasteiger partial charge in [0.2, 0.25) is 0 Å². The predicted octanol–water partition coefficient (Wildman–Crippen LogP) is 1.57. The maximum atomic E-state index is 8.93. The van der Waals surface area contributed by atoms with Crippen molar-refractivity contribution in [1.29, 1.82) is 5.26 Å². The molecule has 1 rings (SSSR count). The van der Waals surface area contributed by atoms with Gasteiger partial charge >= 0.3 is 0 Å². The number of benzene rings is 1. The molecule has 0 saturated carbocycles. The van der Waals surface area contributed by atoms with Crippen LogP contribution < -0.4 is 11.1 Å². The van der Waals surface area contributed by atoms with Crippen LogP contribution in [-0.2, 0) is 0 Å². The maximum absolute atomic E-state index is 8.93. The Kier molecular flexibility index (Phi) is 4.62. The van der Waals surface area contributed by atoms with Crippen molar-refractivity contribution in [2.75, 3.05) is 24.2 Å². The molecule has 0 fully saturated rings. The molecular formula is C12H17N3O. The molecule has 0 aliphatic carbocycles. The molecule has 4 nitrogen and oxygen atoms in total. The first-order valence-corrected chi connectivity index (χ1v) is 5.31. The predicted molar refractivity (Wildman–Crippen MR) is 64.9 cm³/mol. The van der Waals surface area contributed by atoms with Crippen LogP contribution in [0.4, 0.5) is 11.4 Å². The fraction of sp³-hybridized carbons (Fsp3) is 0.417. The van der Waals surface area contributed by atoms with Crippen LogP contribution in [0.15, 0.2) is 18.2 Å². The number of hydrogen-bond acceptors (Lipinski definition) is 4. The molecule has 0 saturated heterocycles. The second kappa shape index (κ2) is 5.99. The van der Waals surface area contributed by atoms with E-state index < -0.39 is 0 Å². The Morgan fingerprint density at radius 1 is 1.56 bits per heavy atom. The third-order valence-corrected chi connectivity index (χ3v) is 2.43. The van der Waals surface area contributed by atoms with E-state index in [1.807, 2.05) is 6.92 Å². The molecule has 1 atom stereocenters. The van der Waals surface area contributed by atoms with Gasteiger partial charge in [0.1, 0.15) is 6.07 Å². The van der Waals surface area contributed by atoms with Crippen molar-refractivity contribution >= 4 is 11.4 Å². The minimum Gasteiger partial charge on any atom is -0.399 e. The molecule has 0 bridgehead atoms. The third kappa shape index (κ3) is 3.44. The second-order valence-electron chi connectivity index (χ2n) is 3.92. The van der Waals surface area contributed by atoms with Gasteiger partial charge in [-0.25, -0.2) is 0 Å². The van der Waals surface area contributed by atoms with Crippen molar-refractivity contribution in [3.05, 3.63) is 23.8 Å². The SMILES string of the molecule is CC(CCO)CNc1ccc(N)cc1C#N. The lowest BCUT2D eigenvalue weighted by molar-refractivity contribution is 0.266. The average Bonchev–Trinajstić information content (AvgIpc) is 2.27. The van der Waals surface area contributed by atoms with E-state index in [0.717, 1.165) is 18.7 Å². The number of nitrogen functional groups attached to an aromatic ring is 1. The number of nitrogens with two attached hydrogens (primary N) is 1. The van der Waals surface area contributed by atoms with Gasteiger partial charge in [0.25, 0.3) is 0 Å². The molecule has 0 radical (unpaired) electrons. The molecule has 0 heterocycles. The zero-order valence-corrected chi connectivity index (χ0v) is 9.40. The van der Waals surface area contributed by atoms with Crippen LogP contribution in [-0.4, -0.2) is 18.3 Å². The van der Waals surface area contributed by atoms with Crippen LogP contribution in [0.3, 0.4) is 0 Å². The Bertz CT molecular complexity index is 384. The van der Waals surface area contributed by atoms with Gasteiger partial charge in [0.05, 0.1) is 11.3 Å². The summed E-state index contributed by atoms with van der Waals surface area (Å²) < 4.78 is 0. The van der Waals surface area contributed by atoms with Crippen LogP contribution in [0.2, 0.25) is 0 Å². The minimum absolute atomic E-state index is 0.190. The Morgan fingerprint density at radius 2 is 2.31 bits per heavy atom. The lowest BCUT2D eigenvalue weighted by Gasteiger charge is -2.13. The van der Waals surface area contributed by atoms with Gasteiger partial charge in [-0.2, -0.15) is 5.26 Å². The summed E-state index contributed by atoms with van der Waals surface area (Å²) in [6, 6.07) is 7.32. The number of aliphatic hydroxyl groups excluding tert-OH is 1. The number of rotatable bonds is 5. The standard InChI is InChI=1S/C12H17N3O/c1-9(4-5-16)8-15-12-3-2-11(14)6-10(12)7-13/h2-3,6,9,15-16H,4-5,8,14H2,1H3. The molecule has 1 aromatic rings. The monoisotopic (exact) mass is 219 g/mol. The summed E-state index contributed by atoms with van der Waals surface area (Å²) >= 11 is 0. The van der Waals surface area contributed by atoms with Gasteiger partial charge in [-0.15, -0.1) is 0 Å². The summed E-state index contributed by atoms with van der Waals surface area (Å²) in [6.45, 7) is 2.97. The number of hydrogen-bond donors (Lipinski definition) is 3. The van der Waals surface area contributed by atoms with E-state index in [2.05, 4.69) is 11.4 Å². The average molecular weight is 219 g/mol. The zero-order valence-electron chi connectivity index (χ0n) is 9.40. The highest BCUT2D eigenvalue weighted by molar-refractivity contribution is 5.62. The smallest absolute Gasteiger partial charge is 0.101 e. The molecular weight excluding hydrogens is 202 g/mol. The number of nitrogens with zero attached hydrogens (tertiary/aromatic N) is 1. The van der Waals surface area contributed by atoms with E-state index in [-0.39, 0.29) is 6.61 Å². The molecule has 4 N–H and O–H groups in total. The van der Waals surface area contributed by atoms with Gasteiger partial charge in [0.15, 0.2) is 0 Å². The number of nitriles is 1. The van der Waals surface area contributed by atoms with Gasteiger partial charge in [-0.3, -0.25) is 0 Å². The maximum Gasteiger partial charge on any atom is 0.101 e. The number of aliphatic hydroxyl groups is 1. The normalized spacial score (nSPS) is 11.8. The van der Waals surface area contributed by atoms with E-state index >= 15 is 0 Å².